The van der Waals surface area contributed by atoms with Crippen molar-refractivity contribution >= 4 is 43.5 Å². The SMILES string of the molecule is c1ccc2c(c1)-c1ccccc1C21c2ccccc2-c2cc3c(-c4ccc(-c5ncc(-c6ccc(-n7c8ccccc8c8ccccc87)cc6)cn5)cc4)nc4ccccc4c3cc21. The van der Waals surface area contributed by atoms with E-state index in [9.17, 15) is 0 Å². The van der Waals surface area contributed by atoms with Crippen molar-refractivity contribution in [1.29, 1.82) is 0 Å². The van der Waals surface area contributed by atoms with Crippen LogP contribution in [0.2, 0.25) is 0 Å². The third-order valence-electron chi connectivity index (χ3n) is 13.9. The summed E-state index contributed by atoms with van der Waals surface area (Å²) >= 11 is 0. The fourth-order valence-electron chi connectivity index (χ4n) is 11.2. The smallest absolute Gasteiger partial charge is 0.159 e. The molecule has 296 valence electrons. The maximum atomic E-state index is 5.38. The van der Waals surface area contributed by atoms with Gasteiger partial charge in [-0.1, -0.05) is 164 Å². The summed E-state index contributed by atoms with van der Waals surface area (Å²) in [4.78, 5) is 15.1. The van der Waals surface area contributed by atoms with E-state index < -0.39 is 5.41 Å². The Morgan fingerprint density at radius 2 is 0.844 bits per heavy atom. The number of hydrogen-bond donors (Lipinski definition) is 0. The summed E-state index contributed by atoms with van der Waals surface area (Å²) in [6, 6.07) is 74.9. The summed E-state index contributed by atoms with van der Waals surface area (Å²) in [5.74, 6) is 0.686. The first-order chi connectivity index (χ1) is 31.7. The number of fused-ring (bicyclic) bond motifs is 16. The second kappa shape index (κ2) is 13.3. The van der Waals surface area contributed by atoms with E-state index in [1.54, 1.807) is 0 Å². The molecule has 0 atom stereocenters. The fourth-order valence-corrected chi connectivity index (χ4v) is 11.2. The summed E-state index contributed by atoms with van der Waals surface area (Å²) in [7, 11) is 0. The topological polar surface area (TPSA) is 43.6 Å². The van der Waals surface area contributed by atoms with Gasteiger partial charge in [0.1, 0.15) is 0 Å². The molecular formula is C60H36N4. The molecule has 2 aliphatic rings. The van der Waals surface area contributed by atoms with Gasteiger partial charge in [0.05, 0.1) is 27.7 Å². The van der Waals surface area contributed by atoms with Gasteiger partial charge in [0, 0.05) is 56.3 Å². The van der Waals surface area contributed by atoms with Gasteiger partial charge >= 0.3 is 0 Å². The van der Waals surface area contributed by atoms with Crippen LogP contribution in [-0.2, 0) is 5.41 Å². The second-order valence-electron chi connectivity index (χ2n) is 17.1. The molecule has 0 bridgehead atoms. The molecule has 64 heavy (non-hydrogen) atoms. The Bertz CT molecular complexity index is 3780. The van der Waals surface area contributed by atoms with E-state index in [1.165, 1.54) is 71.7 Å². The van der Waals surface area contributed by atoms with Crippen molar-refractivity contribution in [2.75, 3.05) is 0 Å². The van der Waals surface area contributed by atoms with E-state index >= 15 is 0 Å². The van der Waals surface area contributed by atoms with Gasteiger partial charge in [0.25, 0.3) is 0 Å². The maximum absolute atomic E-state index is 5.38. The van der Waals surface area contributed by atoms with Crippen molar-refractivity contribution in [3.8, 4) is 61.7 Å². The number of aromatic nitrogens is 4. The molecule has 4 heteroatoms. The van der Waals surface area contributed by atoms with Gasteiger partial charge in [-0.05, 0) is 97.9 Å². The Hall–Kier alpha value is -8.47. The van der Waals surface area contributed by atoms with Crippen LogP contribution in [0.15, 0.2) is 219 Å². The largest absolute Gasteiger partial charge is 0.309 e. The number of para-hydroxylation sites is 3. The van der Waals surface area contributed by atoms with E-state index in [1.807, 2.05) is 12.4 Å². The lowest BCUT2D eigenvalue weighted by Gasteiger charge is -2.30. The van der Waals surface area contributed by atoms with E-state index in [-0.39, 0.29) is 0 Å². The molecule has 0 aliphatic heterocycles. The number of nitrogens with zero attached hydrogens (tertiary/aromatic N) is 4. The Kier molecular flexibility index (Phi) is 7.29. The highest BCUT2D eigenvalue weighted by atomic mass is 15.0. The van der Waals surface area contributed by atoms with Crippen molar-refractivity contribution in [2.24, 2.45) is 0 Å². The third-order valence-corrected chi connectivity index (χ3v) is 13.9. The van der Waals surface area contributed by atoms with Gasteiger partial charge in [-0.3, -0.25) is 0 Å². The lowest BCUT2D eigenvalue weighted by molar-refractivity contribution is 0.795. The van der Waals surface area contributed by atoms with E-state index in [0.29, 0.717) is 5.82 Å². The third kappa shape index (κ3) is 4.79. The summed E-state index contributed by atoms with van der Waals surface area (Å²) in [5, 5.41) is 6.01. The zero-order chi connectivity index (χ0) is 41.9. The Morgan fingerprint density at radius 3 is 1.47 bits per heavy atom. The Labute approximate surface area is 369 Å². The van der Waals surface area contributed by atoms with Crippen LogP contribution in [0.25, 0.3) is 105 Å². The first-order valence-electron chi connectivity index (χ1n) is 21.9. The van der Waals surface area contributed by atoms with Crippen molar-refractivity contribution in [3.05, 3.63) is 241 Å². The van der Waals surface area contributed by atoms with Crippen LogP contribution in [0, 0.1) is 0 Å². The molecule has 12 aromatic rings. The molecule has 9 aromatic carbocycles. The van der Waals surface area contributed by atoms with Crippen molar-refractivity contribution in [3.63, 3.8) is 0 Å². The average molecular weight is 813 g/mol. The van der Waals surface area contributed by atoms with Gasteiger partial charge in [0.15, 0.2) is 5.82 Å². The zero-order valence-electron chi connectivity index (χ0n) is 34.6. The molecule has 0 N–H and O–H groups in total. The zero-order valence-corrected chi connectivity index (χ0v) is 34.6. The normalized spacial score (nSPS) is 13.1. The van der Waals surface area contributed by atoms with Gasteiger partial charge in [-0.25, -0.2) is 15.0 Å². The lowest BCUT2D eigenvalue weighted by atomic mass is 9.70. The lowest BCUT2D eigenvalue weighted by Crippen LogP contribution is -2.25. The first kappa shape index (κ1) is 35.2. The number of hydrogen-bond acceptors (Lipinski definition) is 3. The van der Waals surface area contributed by atoms with Crippen LogP contribution >= 0.6 is 0 Å². The molecular weight excluding hydrogens is 777 g/mol. The number of benzene rings is 9. The van der Waals surface area contributed by atoms with Gasteiger partial charge in [-0.2, -0.15) is 0 Å². The highest BCUT2D eigenvalue weighted by molar-refractivity contribution is 6.14. The van der Waals surface area contributed by atoms with Crippen LogP contribution in [0.5, 0.6) is 0 Å². The van der Waals surface area contributed by atoms with Crippen molar-refractivity contribution < 1.29 is 0 Å². The predicted molar refractivity (Wildman–Crippen MR) is 262 cm³/mol. The Morgan fingerprint density at radius 1 is 0.344 bits per heavy atom. The van der Waals surface area contributed by atoms with Crippen LogP contribution in [0.4, 0.5) is 0 Å². The summed E-state index contributed by atoms with van der Waals surface area (Å²) in [5.41, 5.74) is 19.6. The van der Waals surface area contributed by atoms with Crippen LogP contribution in [0.1, 0.15) is 22.3 Å². The highest BCUT2D eigenvalue weighted by Crippen LogP contribution is 2.63. The molecule has 4 nitrogen and oxygen atoms in total. The monoisotopic (exact) mass is 812 g/mol. The Balaban J connectivity index is 0.842. The molecule has 0 radical (unpaired) electrons. The van der Waals surface area contributed by atoms with Gasteiger partial charge < -0.3 is 4.57 Å². The summed E-state index contributed by atoms with van der Waals surface area (Å²) in [6.45, 7) is 0. The minimum absolute atomic E-state index is 0.411. The van der Waals surface area contributed by atoms with E-state index in [4.69, 9.17) is 15.0 Å². The van der Waals surface area contributed by atoms with E-state index in [0.717, 1.165) is 49.9 Å². The molecule has 14 rings (SSSR count). The minimum Gasteiger partial charge on any atom is -0.309 e. The molecule has 0 saturated carbocycles. The summed E-state index contributed by atoms with van der Waals surface area (Å²) in [6.07, 6.45) is 3.85. The number of rotatable bonds is 4. The molecule has 0 fully saturated rings. The molecule has 0 saturated heterocycles. The molecule has 3 aromatic heterocycles. The fraction of sp³-hybridized carbons (Fsp3) is 0.0167. The van der Waals surface area contributed by atoms with Crippen LogP contribution in [-0.4, -0.2) is 19.5 Å². The average Bonchev–Trinajstić information content (AvgIpc) is 3.97. The molecule has 0 unspecified atom stereocenters. The standard InChI is InChI=1S/C60H36N4/c1-7-19-51-42(13-1)43-14-2-8-20-52(43)60(51)53-21-9-3-15-44(53)49-33-50-48(34-54(49)60)45-16-4-10-22-55(45)63-58(50)38-25-27-39(28-26-38)59-61-35-40(36-62-59)37-29-31-41(32-30-37)64-56-23-11-5-17-46(56)47-18-6-12-24-57(47)64/h1-36H. The summed E-state index contributed by atoms with van der Waals surface area (Å²) < 4.78 is 2.34. The van der Waals surface area contributed by atoms with E-state index in [2.05, 4.69) is 211 Å². The predicted octanol–water partition coefficient (Wildman–Crippen LogP) is 14.6. The van der Waals surface area contributed by atoms with Gasteiger partial charge in [0.2, 0.25) is 0 Å². The van der Waals surface area contributed by atoms with Crippen LogP contribution < -0.4 is 0 Å². The second-order valence-corrected chi connectivity index (χ2v) is 17.1. The molecule has 1 spiro atoms. The van der Waals surface area contributed by atoms with Gasteiger partial charge in [-0.15, -0.1) is 0 Å². The van der Waals surface area contributed by atoms with Crippen LogP contribution in [0.3, 0.4) is 0 Å². The maximum Gasteiger partial charge on any atom is 0.159 e. The number of pyridine rings is 1. The molecule has 0 amide bonds. The van der Waals surface area contributed by atoms with Crippen molar-refractivity contribution in [2.45, 2.75) is 5.41 Å². The minimum atomic E-state index is -0.411. The highest BCUT2D eigenvalue weighted by Gasteiger charge is 2.51. The quantitative estimate of drug-likeness (QED) is 0.166. The molecule has 2 aliphatic carbocycles. The van der Waals surface area contributed by atoms with Crippen molar-refractivity contribution in [1.82, 2.24) is 19.5 Å². The first-order valence-corrected chi connectivity index (χ1v) is 21.9. The molecule has 3 heterocycles.